The van der Waals surface area contributed by atoms with Crippen molar-refractivity contribution in [2.75, 3.05) is 0 Å². The minimum atomic E-state index is -5.89. The molecule has 1 heterocycles. The van der Waals surface area contributed by atoms with E-state index >= 15 is 0 Å². The van der Waals surface area contributed by atoms with Gasteiger partial charge in [0.05, 0.1) is 0 Å². The molecule has 0 aliphatic heterocycles. The number of sulfone groups is 1. The van der Waals surface area contributed by atoms with Crippen molar-refractivity contribution in [2.24, 2.45) is 0 Å². The topological polar surface area (TPSA) is 77.2 Å². The van der Waals surface area contributed by atoms with Crippen molar-refractivity contribution in [3.63, 3.8) is 0 Å². The van der Waals surface area contributed by atoms with E-state index in [1.54, 1.807) is 38.1 Å². The molecule has 28 heavy (non-hydrogen) atoms. The maximum atomic E-state index is 13.3. The molecule has 1 aromatic heterocycles. The SMILES string of the molecule is Cc1ccc(C(=O)c2noc(-c3ccc(C)cc3)c2S(=O)(=O)C(F)(F)F)cc1. The predicted molar refractivity (Wildman–Crippen MR) is 94.5 cm³/mol. The Kier molecular flexibility index (Phi) is 4.88. The number of aryl methyl sites for hydroxylation is 2. The van der Waals surface area contributed by atoms with Crippen LogP contribution in [0.25, 0.3) is 11.3 Å². The number of benzene rings is 2. The van der Waals surface area contributed by atoms with Gasteiger partial charge in [0, 0.05) is 11.1 Å². The van der Waals surface area contributed by atoms with Crippen molar-refractivity contribution in [3.8, 4) is 11.3 Å². The maximum Gasteiger partial charge on any atom is 0.502 e. The summed E-state index contributed by atoms with van der Waals surface area (Å²) in [4.78, 5) is 11.4. The van der Waals surface area contributed by atoms with Crippen LogP contribution in [0.4, 0.5) is 13.2 Å². The smallest absolute Gasteiger partial charge is 0.354 e. The van der Waals surface area contributed by atoms with E-state index in [9.17, 15) is 26.4 Å². The van der Waals surface area contributed by atoms with Crippen LogP contribution in [0, 0.1) is 13.8 Å². The van der Waals surface area contributed by atoms with Crippen LogP contribution in [0.15, 0.2) is 57.9 Å². The Bertz CT molecular complexity index is 1130. The van der Waals surface area contributed by atoms with Crippen LogP contribution in [0.3, 0.4) is 0 Å². The molecule has 0 spiro atoms. The third kappa shape index (κ3) is 3.45. The third-order valence-corrected chi connectivity index (χ3v) is 5.59. The normalized spacial score (nSPS) is 12.2. The summed E-state index contributed by atoms with van der Waals surface area (Å²) in [6, 6.07) is 11.8. The van der Waals surface area contributed by atoms with Crippen LogP contribution in [0.5, 0.6) is 0 Å². The van der Waals surface area contributed by atoms with Crippen LogP contribution < -0.4 is 0 Å². The van der Waals surface area contributed by atoms with Gasteiger partial charge in [0.15, 0.2) is 16.3 Å². The lowest BCUT2D eigenvalue weighted by molar-refractivity contribution is -0.0436. The van der Waals surface area contributed by atoms with E-state index in [1.165, 1.54) is 24.3 Å². The molecule has 5 nitrogen and oxygen atoms in total. The predicted octanol–water partition coefficient (Wildman–Crippen LogP) is 4.48. The summed E-state index contributed by atoms with van der Waals surface area (Å²) in [5.74, 6) is -1.61. The quantitative estimate of drug-likeness (QED) is 0.594. The van der Waals surface area contributed by atoms with Gasteiger partial charge in [0.2, 0.25) is 5.78 Å². The number of carbonyl (C=O) groups excluding carboxylic acids is 1. The number of rotatable bonds is 4. The second-order valence-corrected chi connectivity index (χ2v) is 8.08. The minimum absolute atomic E-state index is 0.00650. The Morgan fingerprint density at radius 3 is 1.93 bits per heavy atom. The number of carbonyl (C=O) groups is 1. The number of hydrogen-bond acceptors (Lipinski definition) is 5. The van der Waals surface area contributed by atoms with Crippen LogP contribution in [0.1, 0.15) is 27.2 Å². The second kappa shape index (κ2) is 6.90. The minimum Gasteiger partial charge on any atom is -0.354 e. The van der Waals surface area contributed by atoms with Crippen molar-refractivity contribution in [2.45, 2.75) is 24.3 Å². The fraction of sp³-hybridized carbons (Fsp3) is 0.158. The first-order chi connectivity index (χ1) is 13.0. The molecule has 0 radical (unpaired) electrons. The molecule has 3 rings (SSSR count). The van der Waals surface area contributed by atoms with Gasteiger partial charge in [-0.2, -0.15) is 13.2 Å². The Labute approximate surface area is 158 Å². The molecule has 0 aliphatic carbocycles. The number of hydrogen-bond donors (Lipinski definition) is 0. The fourth-order valence-electron chi connectivity index (χ4n) is 2.52. The Morgan fingerprint density at radius 1 is 0.929 bits per heavy atom. The molecule has 0 unspecified atom stereocenters. The van der Waals surface area contributed by atoms with Gasteiger partial charge in [-0.1, -0.05) is 64.8 Å². The van der Waals surface area contributed by atoms with Crippen LogP contribution in [0.2, 0.25) is 0 Å². The average molecular weight is 409 g/mol. The monoisotopic (exact) mass is 409 g/mol. The van der Waals surface area contributed by atoms with Crippen molar-refractivity contribution in [3.05, 3.63) is 70.9 Å². The molecule has 0 fully saturated rings. The van der Waals surface area contributed by atoms with Crippen molar-refractivity contribution < 1.29 is 30.9 Å². The van der Waals surface area contributed by atoms with Gasteiger partial charge >= 0.3 is 5.51 Å². The summed E-state index contributed by atoms with van der Waals surface area (Å²) < 4.78 is 69.2. The largest absolute Gasteiger partial charge is 0.502 e. The molecular weight excluding hydrogens is 395 g/mol. The van der Waals surface area contributed by atoms with Gasteiger partial charge in [0.25, 0.3) is 9.84 Å². The highest BCUT2D eigenvalue weighted by atomic mass is 32.2. The van der Waals surface area contributed by atoms with Crippen LogP contribution in [-0.4, -0.2) is 24.9 Å². The van der Waals surface area contributed by atoms with Gasteiger partial charge < -0.3 is 4.52 Å². The lowest BCUT2D eigenvalue weighted by Crippen LogP contribution is -2.25. The van der Waals surface area contributed by atoms with Gasteiger partial charge in [0.1, 0.15) is 0 Å². The summed E-state index contributed by atoms with van der Waals surface area (Å²) in [6.45, 7) is 3.52. The molecule has 0 bridgehead atoms. The highest BCUT2D eigenvalue weighted by Crippen LogP contribution is 2.39. The molecule has 0 saturated carbocycles. The molecule has 0 saturated heterocycles. The molecule has 3 aromatic rings. The first-order valence-electron chi connectivity index (χ1n) is 8.02. The van der Waals surface area contributed by atoms with E-state index in [1.807, 2.05) is 0 Å². The van der Waals surface area contributed by atoms with Crippen molar-refractivity contribution in [1.82, 2.24) is 5.16 Å². The molecular formula is C19H14F3NO4S. The number of nitrogens with zero attached hydrogens (tertiary/aromatic N) is 1. The summed E-state index contributed by atoms with van der Waals surface area (Å²) in [6.07, 6.45) is 0. The number of ketones is 1. The van der Waals surface area contributed by atoms with E-state index in [2.05, 4.69) is 5.16 Å². The molecule has 0 atom stereocenters. The average Bonchev–Trinajstić information content (AvgIpc) is 3.07. The van der Waals surface area contributed by atoms with Gasteiger partial charge in [-0.05, 0) is 13.8 Å². The van der Waals surface area contributed by atoms with Crippen LogP contribution >= 0.6 is 0 Å². The molecule has 2 aromatic carbocycles. The van der Waals surface area contributed by atoms with Crippen molar-refractivity contribution in [1.29, 1.82) is 0 Å². The zero-order valence-corrected chi connectivity index (χ0v) is 15.6. The first kappa shape index (κ1) is 19.8. The van der Waals surface area contributed by atoms with E-state index < -0.39 is 37.5 Å². The highest BCUT2D eigenvalue weighted by molar-refractivity contribution is 7.92. The first-order valence-corrected chi connectivity index (χ1v) is 9.50. The summed E-state index contributed by atoms with van der Waals surface area (Å²) >= 11 is 0. The standard InChI is InChI=1S/C19H14F3NO4S/c1-11-3-7-13(8-4-11)16(24)15-18(28(25,26)19(20,21)22)17(27-23-15)14-9-5-12(2)6-10-14/h3-10H,1-2H3. The summed E-state index contributed by atoms with van der Waals surface area (Å²) in [7, 11) is -5.89. The molecule has 0 aliphatic rings. The molecule has 0 amide bonds. The van der Waals surface area contributed by atoms with E-state index in [4.69, 9.17) is 4.52 Å². The van der Waals surface area contributed by atoms with Gasteiger partial charge in [-0.15, -0.1) is 0 Å². The van der Waals surface area contributed by atoms with Crippen LogP contribution in [-0.2, 0) is 9.84 Å². The Hall–Kier alpha value is -2.94. The summed E-state index contributed by atoms with van der Waals surface area (Å²) in [5, 5.41) is 3.39. The third-order valence-electron chi connectivity index (χ3n) is 4.07. The lowest BCUT2D eigenvalue weighted by atomic mass is 10.1. The maximum absolute atomic E-state index is 13.3. The zero-order chi connectivity index (χ0) is 20.7. The number of halogens is 3. The number of alkyl halides is 3. The van der Waals surface area contributed by atoms with Gasteiger partial charge in [-0.25, -0.2) is 8.42 Å². The zero-order valence-electron chi connectivity index (χ0n) is 14.7. The van der Waals surface area contributed by atoms with E-state index in [-0.39, 0.29) is 11.1 Å². The number of aromatic nitrogens is 1. The van der Waals surface area contributed by atoms with Gasteiger partial charge in [-0.3, -0.25) is 4.79 Å². The van der Waals surface area contributed by atoms with E-state index in [0.29, 0.717) is 0 Å². The molecule has 0 N–H and O–H groups in total. The summed E-state index contributed by atoms with van der Waals surface area (Å²) in [5.41, 5.74) is -4.85. The lowest BCUT2D eigenvalue weighted by Gasteiger charge is -2.09. The fourth-order valence-corrected chi connectivity index (χ4v) is 3.54. The second-order valence-electron chi connectivity index (χ2n) is 6.20. The molecule has 146 valence electrons. The highest BCUT2D eigenvalue weighted by Gasteiger charge is 2.52. The molecule has 9 heteroatoms. The van der Waals surface area contributed by atoms with Crippen molar-refractivity contribution >= 4 is 15.6 Å². The van der Waals surface area contributed by atoms with E-state index in [0.717, 1.165) is 11.1 Å². The Morgan fingerprint density at radius 2 is 1.43 bits per heavy atom. The Balaban J connectivity index is 2.25.